The van der Waals surface area contributed by atoms with Crippen LogP contribution in [-0.4, -0.2) is 34.7 Å². The fraction of sp³-hybridized carbons (Fsp3) is 0.222. The normalized spacial score (nSPS) is 11.2. The van der Waals surface area contributed by atoms with Crippen LogP contribution in [0, 0.1) is 0 Å². The molecule has 3 heterocycles. The summed E-state index contributed by atoms with van der Waals surface area (Å²) in [5, 5.41) is 14.7. The number of hydrogen-bond donors (Lipinski definition) is 1. The number of unbranched alkanes of at least 4 members (excludes halogenated alkanes) is 2. The lowest BCUT2D eigenvalue weighted by Crippen LogP contribution is -2.24. The average Bonchev–Trinajstić information content (AvgIpc) is 3.53. The largest absolute Gasteiger partial charge is 0.334 e. The van der Waals surface area contributed by atoms with E-state index in [2.05, 4.69) is 32.5 Å². The molecule has 0 saturated heterocycles. The molecule has 8 nitrogen and oxygen atoms in total. The predicted molar refractivity (Wildman–Crippen MR) is 140 cm³/mol. The standard InChI is InChI=1S/C27H26ClN7O/c1-2-3-5-12-23-25(28)35(21-9-6-4-7-10-21)27(36)34(23)18-19-13-15-20(16-14-19)22-11-8-17-29-24(22)26-30-32-33-31-26/h4,6-11,13-17H,2-3,5,12,18H2,1H3,(H,30,31,32,33). The molecule has 9 heteroatoms. The van der Waals surface area contributed by atoms with Crippen molar-refractivity contribution in [3.8, 4) is 28.3 Å². The van der Waals surface area contributed by atoms with E-state index in [0.29, 0.717) is 23.2 Å². The van der Waals surface area contributed by atoms with E-state index in [-0.39, 0.29) is 5.69 Å². The molecule has 0 aliphatic heterocycles. The highest BCUT2D eigenvalue weighted by molar-refractivity contribution is 6.30. The van der Waals surface area contributed by atoms with Gasteiger partial charge in [-0.1, -0.05) is 79.9 Å². The second kappa shape index (κ2) is 10.7. The molecule has 0 aliphatic carbocycles. The third-order valence-corrected chi connectivity index (χ3v) is 6.57. The number of aromatic amines is 1. The van der Waals surface area contributed by atoms with Gasteiger partial charge in [0.15, 0.2) is 0 Å². The molecule has 0 radical (unpaired) electrons. The summed E-state index contributed by atoms with van der Waals surface area (Å²) in [5.41, 5.74) is 5.04. The first-order valence-corrected chi connectivity index (χ1v) is 12.4. The van der Waals surface area contributed by atoms with Crippen molar-refractivity contribution in [2.75, 3.05) is 0 Å². The van der Waals surface area contributed by atoms with Gasteiger partial charge in [0.1, 0.15) is 10.8 Å². The topological polar surface area (TPSA) is 94.3 Å². The molecular weight excluding hydrogens is 474 g/mol. The number of aromatic nitrogens is 7. The molecule has 182 valence electrons. The number of benzene rings is 2. The average molecular weight is 500 g/mol. The van der Waals surface area contributed by atoms with Gasteiger partial charge in [-0.05, 0) is 47.4 Å². The monoisotopic (exact) mass is 499 g/mol. The highest BCUT2D eigenvalue weighted by Gasteiger charge is 2.20. The van der Waals surface area contributed by atoms with Crippen molar-refractivity contribution in [3.05, 3.63) is 99.8 Å². The van der Waals surface area contributed by atoms with Crippen molar-refractivity contribution < 1.29 is 0 Å². The number of halogens is 1. The van der Waals surface area contributed by atoms with Crippen LogP contribution in [0.25, 0.3) is 28.3 Å². The van der Waals surface area contributed by atoms with E-state index >= 15 is 0 Å². The molecule has 2 aromatic carbocycles. The number of hydrogen-bond acceptors (Lipinski definition) is 5. The van der Waals surface area contributed by atoms with Crippen molar-refractivity contribution in [3.63, 3.8) is 0 Å². The molecule has 0 unspecified atom stereocenters. The van der Waals surface area contributed by atoms with E-state index in [1.165, 1.54) is 0 Å². The smallest absolute Gasteiger partial charge is 0.290 e. The Morgan fingerprint density at radius 1 is 0.972 bits per heavy atom. The van der Waals surface area contributed by atoms with Crippen LogP contribution in [0.15, 0.2) is 77.7 Å². The Morgan fingerprint density at radius 2 is 1.78 bits per heavy atom. The van der Waals surface area contributed by atoms with Crippen molar-refractivity contribution in [1.82, 2.24) is 34.7 Å². The summed E-state index contributed by atoms with van der Waals surface area (Å²) < 4.78 is 3.40. The molecule has 0 aliphatic rings. The van der Waals surface area contributed by atoms with E-state index in [1.807, 2.05) is 66.7 Å². The second-order valence-electron chi connectivity index (χ2n) is 8.57. The minimum Gasteiger partial charge on any atom is -0.290 e. The SMILES string of the molecule is CCCCCc1c(Cl)n(-c2ccccc2)c(=O)n1Cc1ccc(-c2cccnc2-c2nn[nH]n2)cc1. The number of rotatable bonds is 9. The van der Waals surface area contributed by atoms with Crippen LogP contribution in [0.3, 0.4) is 0 Å². The lowest BCUT2D eigenvalue weighted by molar-refractivity contribution is 0.653. The Kier molecular flexibility index (Phi) is 7.04. The first kappa shape index (κ1) is 23.7. The molecule has 36 heavy (non-hydrogen) atoms. The van der Waals surface area contributed by atoms with Gasteiger partial charge in [0.05, 0.1) is 17.9 Å². The molecule has 1 N–H and O–H groups in total. The fourth-order valence-corrected chi connectivity index (χ4v) is 4.72. The van der Waals surface area contributed by atoms with E-state index < -0.39 is 0 Å². The molecule has 3 aromatic heterocycles. The van der Waals surface area contributed by atoms with Crippen molar-refractivity contribution >= 4 is 11.6 Å². The summed E-state index contributed by atoms with van der Waals surface area (Å²) in [7, 11) is 0. The number of nitrogens with one attached hydrogen (secondary N) is 1. The van der Waals surface area contributed by atoms with Crippen LogP contribution in [-0.2, 0) is 13.0 Å². The minimum atomic E-state index is -0.131. The Hall–Kier alpha value is -4.04. The maximum atomic E-state index is 13.5. The number of pyridine rings is 1. The Bertz CT molecular complexity index is 1490. The third kappa shape index (κ3) is 4.72. The maximum Gasteiger partial charge on any atom is 0.334 e. The van der Waals surface area contributed by atoms with Gasteiger partial charge in [-0.25, -0.2) is 4.79 Å². The molecule has 5 aromatic rings. The second-order valence-corrected chi connectivity index (χ2v) is 8.92. The zero-order valence-corrected chi connectivity index (χ0v) is 20.7. The highest BCUT2D eigenvalue weighted by atomic mass is 35.5. The number of para-hydroxylation sites is 1. The van der Waals surface area contributed by atoms with E-state index in [4.69, 9.17) is 11.6 Å². The van der Waals surface area contributed by atoms with Crippen LogP contribution in [0.2, 0.25) is 5.15 Å². The molecular formula is C27H26ClN7O. The zero-order chi connectivity index (χ0) is 24.9. The van der Waals surface area contributed by atoms with Crippen molar-refractivity contribution in [2.24, 2.45) is 0 Å². The minimum absolute atomic E-state index is 0.131. The lowest BCUT2D eigenvalue weighted by Gasteiger charge is -2.10. The van der Waals surface area contributed by atoms with Gasteiger partial charge in [-0.3, -0.25) is 14.1 Å². The van der Waals surface area contributed by atoms with Crippen LogP contribution in [0.1, 0.15) is 37.4 Å². The number of nitrogens with zero attached hydrogens (tertiary/aromatic N) is 6. The summed E-state index contributed by atoms with van der Waals surface area (Å²) in [6.45, 7) is 2.60. The quantitative estimate of drug-likeness (QED) is 0.277. The van der Waals surface area contributed by atoms with E-state index in [0.717, 1.165) is 53.8 Å². The summed E-state index contributed by atoms with van der Waals surface area (Å²) in [6, 6.07) is 21.5. The van der Waals surface area contributed by atoms with Gasteiger partial charge >= 0.3 is 5.69 Å². The Morgan fingerprint density at radius 3 is 2.50 bits per heavy atom. The van der Waals surface area contributed by atoms with Gasteiger partial charge in [0.25, 0.3) is 0 Å². The Labute approximate surface area is 213 Å². The molecule has 0 bridgehead atoms. The molecule has 0 atom stereocenters. The van der Waals surface area contributed by atoms with Crippen LogP contribution in [0.5, 0.6) is 0 Å². The Balaban J connectivity index is 1.48. The van der Waals surface area contributed by atoms with Crippen molar-refractivity contribution in [2.45, 2.75) is 39.2 Å². The van der Waals surface area contributed by atoms with Crippen molar-refractivity contribution in [1.29, 1.82) is 0 Å². The number of imidazole rings is 1. The summed E-state index contributed by atoms with van der Waals surface area (Å²) in [5.74, 6) is 0.440. The fourth-order valence-electron chi connectivity index (χ4n) is 4.36. The van der Waals surface area contributed by atoms with E-state index in [9.17, 15) is 4.79 Å². The van der Waals surface area contributed by atoms with E-state index in [1.54, 1.807) is 15.3 Å². The highest BCUT2D eigenvalue weighted by Crippen LogP contribution is 2.28. The van der Waals surface area contributed by atoms with Gasteiger partial charge in [-0.15, -0.1) is 10.2 Å². The summed E-state index contributed by atoms with van der Waals surface area (Å²) in [6.07, 6.45) is 5.63. The zero-order valence-electron chi connectivity index (χ0n) is 19.9. The third-order valence-electron chi connectivity index (χ3n) is 6.18. The predicted octanol–water partition coefficient (Wildman–Crippen LogP) is 5.32. The first-order valence-electron chi connectivity index (χ1n) is 12.0. The molecule has 0 saturated carbocycles. The van der Waals surface area contributed by atoms with Gasteiger partial charge < -0.3 is 0 Å². The van der Waals surface area contributed by atoms with Crippen LogP contribution < -0.4 is 5.69 Å². The molecule has 5 rings (SSSR count). The maximum absolute atomic E-state index is 13.5. The van der Waals surface area contributed by atoms with Gasteiger partial charge in [0, 0.05) is 11.8 Å². The van der Waals surface area contributed by atoms with Gasteiger partial charge in [-0.2, -0.15) is 5.21 Å². The number of tetrazole rings is 1. The first-order chi connectivity index (χ1) is 17.7. The van der Waals surface area contributed by atoms with Gasteiger partial charge in [0.2, 0.25) is 5.82 Å². The molecule has 0 spiro atoms. The summed E-state index contributed by atoms with van der Waals surface area (Å²) >= 11 is 6.80. The molecule has 0 amide bonds. The summed E-state index contributed by atoms with van der Waals surface area (Å²) in [4.78, 5) is 18.0. The molecule has 0 fully saturated rings. The van der Waals surface area contributed by atoms with Crippen LogP contribution >= 0.6 is 11.6 Å². The number of H-pyrrole nitrogens is 1. The van der Waals surface area contributed by atoms with Crippen LogP contribution in [0.4, 0.5) is 0 Å². The lowest BCUT2D eigenvalue weighted by atomic mass is 10.0.